The standard InChI is InChI=1S/C50H90O6/c1-4-7-10-13-16-19-21-22-23-24-25-26-27-29-31-34-37-40-43-49(52)55-46-47(45-54-48(51)42-39-36-33-30-18-15-12-9-6-3)56-50(53)44-41-38-35-32-28-20-17-14-11-8-5-2/h14,17,20,25-26,28,47H,4-13,15-16,18-19,21-24,27,29-46H2,1-3H3/b17-14-,26-25-,28-20-. The lowest BCUT2D eigenvalue weighted by Gasteiger charge is -2.18. The molecule has 0 aliphatic rings. The molecule has 0 aliphatic heterocycles. The Kier molecular flexibility index (Phi) is 43.4. The number of rotatable bonds is 43. The summed E-state index contributed by atoms with van der Waals surface area (Å²) in [6, 6.07) is 0. The highest BCUT2D eigenvalue weighted by atomic mass is 16.6. The quantitative estimate of drug-likeness (QED) is 0.0201. The molecule has 0 rings (SSSR count). The van der Waals surface area contributed by atoms with Gasteiger partial charge < -0.3 is 14.2 Å². The lowest BCUT2D eigenvalue weighted by atomic mass is 10.1. The van der Waals surface area contributed by atoms with E-state index in [1.807, 2.05) is 0 Å². The maximum absolute atomic E-state index is 12.7. The summed E-state index contributed by atoms with van der Waals surface area (Å²) in [4.78, 5) is 37.7. The Morgan fingerprint density at radius 2 is 0.661 bits per heavy atom. The summed E-state index contributed by atoms with van der Waals surface area (Å²) < 4.78 is 16.7. The molecule has 0 aromatic rings. The molecule has 0 aromatic heterocycles. The third kappa shape index (κ3) is 42.8. The summed E-state index contributed by atoms with van der Waals surface area (Å²) in [5.41, 5.74) is 0. The molecule has 0 saturated carbocycles. The smallest absolute Gasteiger partial charge is 0.306 e. The number of ether oxygens (including phenoxy) is 3. The molecule has 0 saturated heterocycles. The van der Waals surface area contributed by atoms with Gasteiger partial charge in [-0.2, -0.15) is 0 Å². The molecule has 0 amide bonds. The first-order chi connectivity index (χ1) is 27.5. The molecule has 0 aliphatic carbocycles. The Morgan fingerprint density at radius 1 is 0.357 bits per heavy atom. The minimum Gasteiger partial charge on any atom is -0.462 e. The number of carbonyl (C=O) groups is 3. The van der Waals surface area contributed by atoms with E-state index in [4.69, 9.17) is 14.2 Å². The second-order valence-electron chi connectivity index (χ2n) is 16.0. The molecule has 0 aromatic carbocycles. The molecule has 1 unspecified atom stereocenters. The lowest BCUT2D eigenvalue weighted by molar-refractivity contribution is -0.167. The summed E-state index contributed by atoms with van der Waals surface area (Å²) >= 11 is 0. The fourth-order valence-electron chi connectivity index (χ4n) is 6.71. The molecule has 0 spiro atoms. The minimum atomic E-state index is -0.783. The predicted molar refractivity (Wildman–Crippen MR) is 238 cm³/mol. The first-order valence-corrected chi connectivity index (χ1v) is 24.0. The second kappa shape index (κ2) is 45.3. The van der Waals surface area contributed by atoms with Crippen molar-refractivity contribution in [3.05, 3.63) is 36.5 Å². The van der Waals surface area contributed by atoms with Crippen LogP contribution < -0.4 is 0 Å². The van der Waals surface area contributed by atoms with E-state index in [1.165, 1.54) is 128 Å². The number of allylic oxidation sites excluding steroid dienone is 6. The molecule has 0 radical (unpaired) electrons. The molecule has 6 nitrogen and oxygen atoms in total. The van der Waals surface area contributed by atoms with Crippen LogP contribution in [0.3, 0.4) is 0 Å². The highest BCUT2D eigenvalue weighted by molar-refractivity contribution is 5.71. The highest BCUT2D eigenvalue weighted by Crippen LogP contribution is 2.14. The van der Waals surface area contributed by atoms with Crippen LogP contribution in [0.1, 0.15) is 245 Å². The average molecular weight is 787 g/mol. The van der Waals surface area contributed by atoms with Crippen molar-refractivity contribution >= 4 is 17.9 Å². The van der Waals surface area contributed by atoms with Crippen molar-refractivity contribution in [1.82, 2.24) is 0 Å². The van der Waals surface area contributed by atoms with E-state index in [0.29, 0.717) is 19.3 Å². The number of carbonyl (C=O) groups excluding carboxylic acids is 3. The predicted octanol–water partition coefficient (Wildman–Crippen LogP) is 15.4. The average Bonchev–Trinajstić information content (AvgIpc) is 3.19. The van der Waals surface area contributed by atoms with Gasteiger partial charge in [0, 0.05) is 19.3 Å². The summed E-state index contributed by atoms with van der Waals surface area (Å²) in [5.74, 6) is -0.920. The minimum absolute atomic E-state index is 0.0838. The number of unbranched alkanes of at least 4 members (excludes halogenated alkanes) is 27. The van der Waals surface area contributed by atoms with E-state index in [-0.39, 0.29) is 31.1 Å². The van der Waals surface area contributed by atoms with Crippen LogP contribution in [0, 0.1) is 0 Å². The van der Waals surface area contributed by atoms with Gasteiger partial charge in [0.15, 0.2) is 6.10 Å². The fourth-order valence-corrected chi connectivity index (χ4v) is 6.71. The number of hydrogen-bond donors (Lipinski definition) is 0. The van der Waals surface area contributed by atoms with Crippen LogP contribution in [0.15, 0.2) is 36.5 Å². The van der Waals surface area contributed by atoms with Gasteiger partial charge in [-0.15, -0.1) is 0 Å². The number of hydrogen-bond acceptors (Lipinski definition) is 6. The molecular weight excluding hydrogens is 697 g/mol. The van der Waals surface area contributed by atoms with Crippen molar-refractivity contribution in [2.75, 3.05) is 13.2 Å². The van der Waals surface area contributed by atoms with Crippen LogP contribution in [0.2, 0.25) is 0 Å². The number of esters is 3. The monoisotopic (exact) mass is 787 g/mol. The largest absolute Gasteiger partial charge is 0.462 e. The van der Waals surface area contributed by atoms with Crippen molar-refractivity contribution in [1.29, 1.82) is 0 Å². The van der Waals surface area contributed by atoms with Crippen LogP contribution >= 0.6 is 0 Å². The van der Waals surface area contributed by atoms with Crippen LogP contribution in [0.5, 0.6) is 0 Å². The molecule has 1 atom stereocenters. The van der Waals surface area contributed by atoms with Crippen molar-refractivity contribution < 1.29 is 28.6 Å². The topological polar surface area (TPSA) is 78.9 Å². The fraction of sp³-hybridized carbons (Fsp3) is 0.820. The zero-order chi connectivity index (χ0) is 40.8. The maximum Gasteiger partial charge on any atom is 0.306 e. The van der Waals surface area contributed by atoms with E-state index in [1.54, 1.807) is 0 Å². The molecule has 326 valence electrons. The van der Waals surface area contributed by atoms with Gasteiger partial charge in [-0.1, -0.05) is 198 Å². The Bertz CT molecular complexity index is 953. The van der Waals surface area contributed by atoms with Gasteiger partial charge in [-0.05, 0) is 64.2 Å². The summed E-state index contributed by atoms with van der Waals surface area (Å²) in [6.45, 7) is 6.54. The lowest BCUT2D eigenvalue weighted by Crippen LogP contribution is -2.30. The zero-order valence-electron chi connectivity index (χ0n) is 37.2. The SMILES string of the molecule is CCCC/C=C\C=C/CCCCCC(=O)OC(COC(=O)CCCCCCC/C=C\CCCCCCCCCCC)COC(=O)CCCCCCCCCCC. The summed E-state index contributed by atoms with van der Waals surface area (Å²) in [6.07, 6.45) is 51.4. The summed E-state index contributed by atoms with van der Waals surface area (Å²) in [5, 5.41) is 0. The van der Waals surface area contributed by atoms with E-state index in [0.717, 1.165) is 77.0 Å². The van der Waals surface area contributed by atoms with Gasteiger partial charge in [0.05, 0.1) is 0 Å². The molecular formula is C50H90O6. The Hall–Kier alpha value is -2.37. The molecule has 0 fully saturated rings. The van der Waals surface area contributed by atoms with Crippen LogP contribution in [-0.2, 0) is 28.6 Å². The van der Waals surface area contributed by atoms with Gasteiger partial charge in [0.1, 0.15) is 13.2 Å². The second-order valence-corrected chi connectivity index (χ2v) is 16.0. The van der Waals surface area contributed by atoms with Crippen molar-refractivity contribution in [2.45, 2.75) is 252 Å². The zero-order valence-corrected chi connectivity index (χ0v) is 37.2. The van der Waals surface area contributed by atoms with Crippen molar-refractivity contribution in [2.24, 2.45) is 0 Å². The first kappa shape index (κ1) is 53.6. The molecule has 0 bridgehead atoms. The van der Waals surface area contributed by atoms with E-state index in [2.05, 4.69) is 57.2 Å². The molecule has 6 heteroatoms. The third-order valence-corrected chi connectivity index (χ3v) is 10.4. The molecule has 0 N–H and O–H groups in total. The van der Waals surface area contributed by atoms with Gasteiger partial charge >= 0.3 is 17.9 Å². The van der Waals surface area contributed by atoms with Crippen LogP contribution in [-0.4, -0.2) is 37.2 Å². The Balaban J connectivity index is 4.31. The van der Waals surface area contributed by atoms with Crippen molar-refractivity contribution in [3.63, 3.8) is 0 Å². The summed E-state index contributed by atoms with van der Waals surface area (Å²) in [7, 11) is 0. The van der Waals surface area contributed by atoms with Gasteiger partial charge in [0.25, 0.3) is 0 Å². The van der Waals surface area contributed by atoms with E-state index >= 15 is 0 Å². The van der Waals surface area contributed by atoms with Crippen LogP contribution in [0.4, 0.5) is 0 Å². The highest BCUT2D eigenvalue weighted by Gasteiger charge is 2.19. The van der Waals surface area contributed by atoms with Gasteiger partial charge in [-0.25, -0.2) is 0 Å². The van der Waals surface area contributed by atoms with E-state index in [9.17, 15) is 14.4 Å². The maximum atomic E-state index is 12.7. The Labute approximate surface area is 346 Å². The van der Waals surface area contributed by atoms with Gasteiger partial charge in [0.2, 0.25) is 0 Å². The van der Waals surface area contributed by atoms with Crippen molar-refractivity contribution in [3.8, 4) is 0 Å². The van der Waals surface area contributed by atoms with Gasteiger partial charge in [-0.3, -0.25) is 14.4 Å². The van der Waals surface area contributed by atoms with E-state index < -0.39 is 6.10 Å². The normalized spacial score (nSPS) is 12.3. The molecule has 0 heterocycles. The van der Waals surface area contributed by atoms with Crippen LogP contribution in [0.25, 0.3) is 0 Å². The first-order valence-electron chi connectivity index (χ1n) is 24.0. The third-order valence-electron chi connectivity index (χ3n) is 10.4. The Morgan fingerprint density at radius 3 is 1.07 bits per heavy atom. The molecule has 56 heavy (non-hydrogen) atoms.